The molecule has 0 aromatic carbocycles. The number of thiophene rings is 1. The Morgan fingerprint density at radius 1 is 1.25 bits per heavy atom. The van der Waals surface area contributed by atoms with Crippen LogP contribution in [0.15, 0.2) is 6.07 Å². The van der Waals surface area contributed by atoms with Crippen LogP contribution in [0.5, 0.6) is 0 Å². The average molecular weight is 310 g/mol. The van der Waals surface area contributed by atoms with Crippen molar-refractivity contribution in [2.24, 2.45) is 5.92 Å². The van der Waals surface area contributed by atoms with Gasteiger partial charge in [-0.3, -0.25) is 0 Å². The fraction of sp³-hybridized carbons (Fsp3) is 0.600. The number of aryl methyl sites for hydroxylation is 1. The third-order valence-electron chi connectivity index (χ3n) is 4.34. The van der Waals surface area contributed by atoms with Crippen LogP contribution in [0.2, 0.25) is 5.28 Å². The monoisotopic (exact) mass is 309 g/mol. The van der Waals surface area contributed by atoms with Crippen LogP contribution in [0.25, 0.3) is 10.2 Å². The van der Waals surface area contributed by atoms with Crippen LogP contribution in [-0.2, 0) is 0 Å². The normalized spacial score (nSPS) is 23.2. The van der Waals surface area contributed by atoms with Gasteiger partial charge in [0.2, 0.25) is 5.28 Å². The van der Waals surface area contributed by atoms with Crippen LogP contribution >= 0.6 is 22.9 Å². The predicted molar refractivity (Wildman–Crippen MR) is 87.0 cm³/mol. The quantitative estimate of drug-likeness (QED) is 0.755. The number of anilines is 1. The zero-order chi connectivity index (χ0) is 14.3. The molecule has 0 saturated heterocycles. The molecule has 3 rings (SSSR count). The summed E-state index contributed by atoms with van der Waals surface area (Å²) in [5, 5.41) is 1.49. The van der Waals surface area contributed by atoms with Gasteiger partial charge in [0.05, 0.1) is 5.39 Å². The van der Waals surface area contributed by atoms with E-state index in [0.29, 0.717) is 11.3 Å². The number of hydrogen-bond acceptors (Lipinski definition) is 4. The van der Waals surface area contributed by atoms with Crippen LogP contribution in [0.3, 0.4) is 0 Å². The van der Waals surface area contributed by atoms with Crippen molar-refractivity contribution in [3.8, 4) is 0 Å². The van der Waals surface area contributed by atoms with Crippen molar-refractivity contribution in [3.63, 3.8) is 0 Å². The van der Waals surface area contributed by atoms with E-state index in [-0.39, 0.29) is 0 Å². The number of aromatic nitrogens is 2. The third-order valence-corrected chi connectivity index (χ3v) is 5.45. The second kappa shape index (κ2) is 5.49. The molecule has 0 spiro atoms. The van der Waals surface area contributed by atoms with Gasteiger partial charge in [0.15, 0.2) is 0 Å². The maximum atomic E-state index is 6.10. The Kier molecular flexibility index (Phi) is 3.87. The molecule has 1 aliphatic rings. The first kappa shape index (κ1) is 14.1. The standard InChI is InChI=1S/C15H20ClN3S/c1-9-4-6-11(7-5-9)19(3)13-12-8-10(2)20-14(12)18-15(16)17-13/h8-9,11H,4-7H2,1-3H3. The van der Waals surface area contributed by atoms with E-state index in [1.165, 1.54) is 30.6 Å². The van der Waals surface area contributed by atoms with Crippen molar-refractivity contribution >= 4 is 39.0 Å². The highest BCUT2D eigenvalue weighted by molar-refractivity contribution is 7.18. The fourth-order valence-corrected chi connectivity index (χ4v) is 4.16. The molecule has 0 unspecified atom stereocenters. The van der Waals surface area contributed by atoms with Gasteiger partial charge in [0.25, 0.3) is 0 Å². The minimum atomic E-state index is 0.352. The van der Waals surface area contributed by atoms with Gasteiger partial charge in [-0.25, -0.2) is 4.98 Å². The van der Waals surface area contributed by atoms with E-state index >= 15 is 0 Å². The van der Waals surface area contributed by atoms with Crippen molar-refractivity contribution in [2.45, 2.75) is 45.6 Å². The van der Waals surface area contributed by atoms with Gasteiger partial charge in [-0.1, -0.05) is 6.92 Å². The van der Waals surface area contributed by atoms with E-state index in [4.69, 9.17) is 11.6 Å². The second-order valence-corrected chi connectivity index (χ2v) is 7.49. The summed E-state index contributed by atoms with van der Waals surface area (Å²) >= 11 is 7.78. The smallest absolute Gasteiger partial charge is 0.225 e. The van der Waals surface area contributed by atoms with E-state index in [9.17, 15) is 0 Å². The summed E-state index contributed by atoms with van der Waals surface area (Å²) in [6.45, 7) is 4.45. The Morgan fingerprint density at radius 2 is 1.95 bits per heavy atom. The van der Waals surface area contributed by atoms with Crippen molar-refractivity contribution in [2.75, 3.05) is 11.9 Å². The fourth-order valence-electron chi connectivity index (χ4n) is 3.07. The van der Waals surface area contributed by atoms with Crippen LogP contribution < -0.4 is 4.90 Å². The Hall–Kier alpha value is -0.870. The first-order valence-electron chi connectivity index (χ1n) is 7.21. The largest absolute Gasteiger partial charge is 0.356 e. The van der Waals surface area contributed by atoms with Crippen LogP contribution in [-0.4, -0.2) is 23.1 Å². The van der Waals surface area contributed by atoms with E-state index in [1.807, 2.05) is 0 Å². The molecule has 3 nitrogen and oxygen atoms in total. The Balaban J connectivity index is 1.96. The summed E-state index contributed by atoms with van der Waals surface area (Å²) < 4.78 is 0. The zero-order valence-electron chi connectivity index (χ0n) is 12.2. The molecular formula is C15H20ClN3S. The average Bonchev–Trinajstić information content (AvgIpc) is 2.78. The Bertz CT molecular complexity index is 617. The zero-order valence-corrected chi connectivity index (χ0v) is 13.8. The molecule has 2 heterocycles. The molecule has 1 aliphatic carbocycles. The molecule has 108 valence electrons. The Morgan fingerprint density at radius 3 is 2.65 bits per heavy atom. The number of fused-ring (bicyclic) bond motifs is 1. The molecule has 1 saturated carbocycles. The van der Waals surface area contributed by atoms with Crippen LogP contribution in [0.1, 0.15) is 37.5 Å². The molecule has 0 radical (unpaired) electrons. The number of nitrogens with zero attached hydrogens (tertiary/aromatic N) is 3. The van der Waals surface area contributed by atoms with Gasteiger partial charge >= 0.3 is 0 Å². The second-order valence-electron chi connectivity index (χ2n) is 5.92. The molecule has 0 N–H and O–H groups in total. The lowest BCUT2D eigenvalue weighted by molar-refractivity contribution is 0.340. The molecule has 5 heteroatoms. The molecular weight excluding hydrogens is 290 g/mol. The van der Waals surface area contributed by atoms with Gasteiger partial charge in [0, 0.05) is 18.0 Å². The molecule has 1 fully saturated rings. The third kappa shape index (κ3) is 2.63. The van der Waals surface area contributed by atoms with E-state index in [2.05, 4.69) is 41.8 Å². The number of rotatable bonds is 2. The highest BCUT2D eigenvalue weighted by Gasteiger charge is 2.24. The SMILES string of the molecule is Cc1cc2c(N(C)C3CCC(C)CC3)nc(Cl)nc2s1. The molecule has 0 atom stereocenters. The van der Waals surface area contributed by atoms with Crippen LogP contribution in [0.4, 0.5) is 5.82 Å². The number of hydrogen-bond donors (Lipinski definition) is 0. The van der Waals surface area contributed by atoms with Crippen molar-refractivity contribution in [3.05, 3.63) is 16.2 Å². The predicted octanol–water partition coefficient (Wildman–Crippen LogP) is 4.67. The summed E-state index contributed by atoms with van der Waals surface area (Å²) in [4.78, 5) is 13.4. The minimum absolute atomic E-state index is 0.352. The summed E-state index contributed by atoms with van der Waals surface area (Å²) in [5.74, 6) is 1.85. The molecule has 2 aromatic rings. The van der Waals surface area contributed by atoms with Crippen molar-refractivity contribution in [1.82, 2.24) is 9.97 Å². The molecule has 0 aliphatic heterocycles. The summed E-state index contributed by atoms with van der Waals surface area (Å²) in [6, 6.07) is 2.74. The maximum Gasteiger partial charge on any atom is 0.225 e. The van der Waals surface area contributed by atoms with Gasteiger partial charge < -0.3 is 4.90 Å². The van der Waals surface area contributed by atoms with Gasteiger partial charge in [-0.15, -0.1) is 11.3 Å². The highest BCUT2D eigenvalue weighted by Crippen LogP contribution is 2.35. The number of halogens is 1. The maximum absolute atomic E-state index is 6.10. The van der Waals surface area contributed by atoms with Gasteiger partial charge in [-0.2, -0.15) is 4.98 Å². The lowest BCUT2D eigenvalue weighted by Crippen LogP contribution is -2.35. The summed E-state index contributed by atoms with van der Waals surface area (Å²) in [6.07, 6.45) is 5.09. The lowest BCUT2D eigenvalue weighted by Gasteiger charge is -2.34. The van der Waals surface area contributed by atoms with Crippen LogP contribution in [0, 0.1) is 12.8 Å². The van der Waals surface area contributed by atoms with Crippen molar-refractivity contribution < 1.29 is 0 Å². The first-order chi connectivity index (χ1) is 9.54. The molecule has 2 aromatic heterocycles. The van der Waals surface area contributed by atoms with E-state index in [0.717, 1.165) is 22.0 Å². The van der Waals surface area contributed by atoms with E-state index < -0.39 is 0 Å². The summed E-state index contributed by atoms with van der Waals surface area (Å²) in [5.41, 5.74) is 0. The minimum Gasteiger partial charge on any atom is -0.356 e. The van der Waals surface area contributed by atoms with E-state index in [1.54, 1.807) is 11.3 Å². The Labute approximate surface area is 129 Å². The summed E-state index contributed by atoms with van der Waals surface area (Å²) in [7, 11) is 2.14. The highest BCUT2D eigenvalue weighted by atomic mass is 35.5. The molecule has 0 amide bonds. The first-order valence-corrected chi connectivity index (χ1v) is 8.40. The lowest BCUT2D eigenvalue weighted by atomic mass is 9.87. The van der Waals surface area contributed by atoms with Gasteiger partial charge in [-0.05, 0) is 56.2 Å². The molecule has 0 bridgehead atoms. The molecule has 20 heavy (non-hydrogen) atoms. The van der Waals surface area contributed by atoms with Crippen molar-refractivity contribution in [1.29, 1.82) is 0 Å². The topological polar surface area (TPSA) is 29.0 Å². The van der Waals surface area contributed by atoms with Gasteiger partial charge in [0.1, 0.15) is 10.6 Å².